The number of hydrogen-bond donors (Lipinski definition) is 0. The number of benzene rings is 1. The van der Waals surface area contributed by atoms with E-state index in [9.17, 15) is 13.9 Å². The summed E-state index contributed by atoms with van der Waals surface area (Å²) in [5.41, 5.74) is 1.01. The number of carbonyl (C=O) groups is 1. The highest BCUT2D eigenvalue weighted by atomic mass is 31.2. The van der Waals surface area contributed by atoms with E-state index in [2.05, 4.69) is 4.74 Å². The molecule has 0 saturated heterocycles. The molecule has 0 unspecified atom stereocenters. The Balaban J connectivity index is 3.21. The summed E-state index contributed by atoms with van der Waals surface area (Å²) in [5.74, 6) is -0.475. The minimum atomic E-state index is -3.75. The maximum absolute atomic E-state index is 12.8. The molecule has 0 radical (unpaired) electrons. The third kappa shape index (κ3) is 4.54. The number of carbonyl (C=O) groups excluding carboxylic acids is 1. The van der Waals surface area contributed by atoms with Crippen LogP contribution in [0.5, 0.6) is 0 Å². The molecular formula is C14H22O8P2. The molecule has 24 heavy (non-hydrogen) atoms. The molecule has 1 aromatic carbocycles. The van der Waals surface area contributed by atoms with E-state index < -0.39 is 26.6 Å². The highest BCUT2D eigenvalue weighted by molar-refractivity contribution is 7.72. The van der Waals surface area contributed by atoms with Crippen molar-refractivity contribution in [1.82, 2.24) is 0 Å². The van der Waals surface area contributed by atoms with Gasteiger partial charge < -0.3 is 22.8 Å². The number of rotatable bonds is 9. The molecule has 0 saturated carbocycles. The first kappa shape index (κ1) is 21.0. The molecule has 0 bridgehead atoms. The van der Waals surface area contributed by atoms with Crippen LogP contribution in [-0.2, 0) is 38.4 Å². The van der Waals surface area contributed by atoms with Gasteiger partial charge in [-0.2, -0.15) is 0 Å². The summed E-state index contributed by atoms with van der Waals surface area (Å²) in [5, 5.41) is -1.15. The van der Waals surface area contributed by atoms with Crippen LogP contribution in [0.4, 0.5) is 0 Å². The monoisotopic (exact) mass is 380 g/mol. The van der Waals surface area contributed by atoms with Gasteiger partial charge >= 0.3 is 21.2 Å². The van der Waals surface area contributed by atoms with E-state index in [-0.39, 0.29) is 6.42 Å². The Morgan fingerprint density at radius 3 is 1.62 bits per heavy atom. The maximum Gasteiger partial charge on any atom is 0.345 e. The molecule has 0 amide bonds. The lowest BCUT2D eigenvalue weighted by Gasteiger charge is -2.28. The zero-order valence-corrected chi connectivity index (χ0v) is 16.0. The molecule has 136 valence electrons. The molecule has 0 N–H and O–H groups in total. The van der Waals surface area contributed by atoms with Crippen LogP contribution in [0.3, 0.4) is 0 Å². The van der Waals surface area contributed by atoms with Crippen LogP contribution < -0.4 is 0 Å². The lowest BCUT2D eigenvalue weighted by molar-refractivity contribution is 0.0600. The second-order valence-electron chi connectivity index (χ2n) is 4.68. The summed E-state index contributed by atoms with van der Waals surface area (Å²) < 4.78 is 50.1. The minimum absolute atomic E-state index is 0.0410. The molecule has 0 spiro atoms. The van der Waals surface area contributed by atoms with Crippen LogP contribution in [-0.4, -0.2) is 46.9 Å². The van der Waals surface area contributed by atoms with Crippen molar-refractivity contribution in [2.24, 2.45) is 0 Å². The van der Waals surface area contributed by atoms with E-state index in [1.54, 1.807) is 24.3 Å². The first-order chi connectivity index (χ1) is 11.3. The van der Waals surface area contributed by atoms with Crippen LogP contribution in [0.1, 0.15) is 15.9 Å². The molecule has 8 nitrogen and oxygen atoms in total. The van der Waals surface area contributed by atoms with E-state index in [1.165, 1.54) is 35.5 Å². The Morgan fingerprint density at radius 1 is 0.875 bits per heavy atom. The average molecular weight is 380 g/mol. The third-order valence-electron chi connectivity index (χ3n) is 3.54. The molecule has 0 aliphatic heterocycles. The van der Waals surface area contributed by atoms with Crippen molar-refractivity contribution in [3.8, 4) is 0 Å². The largest absolute Gasteiger partial charge is 0.465 e. The Bertz CT molecular complexity index is 601. The number of esters is 1. The maximum atomic E-state index is 12.8. The molecule has 1 aromatic rings. The van der Waals surface area contributed by atoms with Gasteiger partial charge in [0, 0.05) is 28.4 Å². The van der Waals surface area contributed by atoms with Gasteiger partial charge in [0.05, 0.1) is 12.7 Å². The molecule has 1 rings (SSSR count). The summed E-state index contributed by atoms with van der Waals surface area (Å²) in [7, 11) is -1.41. The molecule has 0 aromatic heterocycles. The van der Waals surface area contributed by atoms with Crippen LogP contribution in [0.15, 0.2) is 24.3 Å². The van der Waals surface area contributed by atoms with E-state index in [0.29, 0.717) is 11.1 Å². The van der Waals surface area contributed by atoms with Crippen molar-refractivity contribution in [1.29, 1.82) is 0 Å². The molecule has 0 atom stereocenters. The van der Waals surface area contributed by atoms with Gasteiger partial charge in [0.1, 0.15) is 0 Å². The molecule has 0 aliphatic rings. The molecule has 0 aliphatic carbocycles. The van der Waals surface area contributed by atoms with Crippen molar-refractivity contribution in [3.05, 3.63) is 35.4 Å². The standard InChI is InChI=1S/C14H22O8P2/c1-18-14(15)12-8-6-11(7-9-12)10-13(23(16,19-2)20-3)24(17,21-4)22-5/h6-9,13H,10H2,1-5H3. The fraction of sp³-hybridized carbons (Fsp3) is 0.500. The predicted octanol–water partition coefficient (Wildman–Crippen LogP) is 3.31. The zero-order valence-electron chi connectivity index (χ0n) is 14.3. The van der Waals surface area contributed by atoms with E-state index in [0.717, 1.165) is 0 Å². The van der Waals surface area contributed by atoms with Crippen LogP contribution in [0.25, 0.3) is 0 Å². The van der Waals surface area contributed by atoms with Gasteiger partial charge in [-0.05, 0) is 24.1 Å². The van der Waals surface area contributed by atoms with Crippen molar-refractivity contribution in [2.45, 2.75) is 11.8 Å². The minimum Gasteiger partial charge on any atom is -0.465 e. The summed E-state index contributed by atoms with van der Waals surface area (Å²) in [6.45, 7) is 0. The van der Waals surface area contributed by atoms with E-state index in [1.807, 2.05) is 0 Å². The normalized spacial score (nSPS) is 12.4. The second-order valence-corrected chi connectivity index (χ2v) is 9.96. The number of ether oxygens (including phenoxy) is 1. The highest BCUT2D eigenvalue weighted by Crippen LogP contribution is 2.70. The van der Waals surface area contributed by atoms with Gasteiger partial charge in [-0.25, -0.2) is 4.79 Å². The van der Waals surface area contributed by atoms with Crippen LogP contribution >= 0.6 is 15.2 Å². The van der Waals surface area contributed by atoms with Gasteiger partial charge in [0.25, 0.3) is 0 Å². The molecule has 0 fully saturated rings. The van der Waals surface area contributed by atoms with Gasteiger partial charge in [-0.1, -0.05) is 12.1 Å². The summed E-state index contributed by atoms with van der Waals surface area (Å²) in [4.78, 5) is 11.5. The Hall–Kier alpha value is -1.01. The Labute approximate surface area is 141 Å². The third-order valence-corrected chi connectivity index (χ3v) is 9.10. The van der Waals surface area contributed by atoms with E-state index >= 15 is 0 Å². The smallest absolute Gasteiger partial charge is 0.345 e. The molecular weight excluding hydrogens is 358 g/mol. The summed E-state index contributed by atoms with van der Waals surface area (Å²) in [6.07, 6.45) is 0.0410. The average Bonchev–Trinajstić information content (AvgIpc) is 2.64. The Kier molecular flexibility index (Phi) is 7.80. The topological polar surface area (TPSA) is 97.4 Å². The second kappa shape index (κ2) is 8.90. The van der Waals surface area contributed by atoms with Crippen molar-refractivity contribution in [2.75, 3.05) is 35.5 Å². The van der Waals surface area contributed by atoms with Crippen molar-refractivity contribution < 1.29 is 36.8 Å². The van der Waals surface area contributed by atoms with Gasteiger partial charge in [-0.3, -0.25) is 9.13 Å². The van der Waals surface area contributed by atoms with Gasteiger partial charge in [0.15, 0.2) is 5.40 Å². The predicted molar refractivity (Wildman–Crippen MR) is 88.5 cm³/mol. The fourth-order valence-electron chi connectivity index (χ4n) is 2.14. The SMILES string of the molecule is COC(=O)c1ccc(CC(P(=O)(OC)OC)P(=O)(OC)OC)cc1. The first-order valence-corrected chi connectivity index (χ1v) is 10.1. The summed E-state index contributed by atoms with van der Waals surface area (Å²) in [6, 6.07) is 6.36. The van der Waals surface area contributed by atoms with Crippen LogP contribution in [0.2, 0.25) is 0 Å². The highest BCUT2D eigenvalue weighted by Gasteiger charge is 2.49. The zero-order chi connectivity index (χ0) is 18.4. The van der Waals surface area contributed by atoms with Crippen LogP contribution in [0, 0.1) is 0 Å². The first-order valence-electron chi connectivity index (χ1n) is 6.89. The van der Waals surface area contributed by atoms with Gasteiger partial charge in [0.2, 0.25) is 0 Å². The summed E-state index contributed by atoms with van der Waals surface area (Å²) >= 11 is 0. The fourth-order valence-corrected chi connectivity index (χ4v) is 6.80. The Morgan fingerprint density at radius 2 is 1.29 bits per heavy atom. The van der Waals surface area contributed by atoms with Crippen molar-refractivity contribution >= 4 is 21.2 Å². The molecule has 10 heteroatoms. The lowest BCUT2D eigenvalue weighted by Crippen LogP contribution is -2.17. The lowest BCUT2D eigenvalue weighted by atomic mass is 10.1. The number of methoxy groups -OCH3 is 1. The van der Waals surface area contributed by atoms with Crippen molar-refractivity contribution in [3.63, 3.8) is 0 Å². The quantitative estimate of drug-likeness (QED) is 0.475. The molecule has 0 heterocycles. The van der Waals surface area contributed by atoms with Gasteiger partial charge in [-0.15, -0.1) is 0 Å². The number of hydrogen-bond acceptors (Lipinski definition) is 8. The van der Waals surface area contributed by atoms with E-state index in [4.69, 9.17) is 18.1 Å².